The summed E-state index contributed by atoms with van der Waals surface area (Å²) in [7, 11) is 0. The molecule has 0 N–H and O–H groups in total. The van der Waals surface area contributed by atoms with Gasteiger partial charge in [0, 0.05) is 23.1 Å². The lowest BCUT2D eigenvalue weighted by Gasteiger charge is -2.08. The fourth-order valence-corrected chi connectivity index (χ4v) is 3.60. The van der Waals surface area contributed by atoms with E-state index in [0.29, 0.717) is 0 Å². The maximum absolute atomic E-state index is 11.8. The van der Waals surface area contributed by atoms with Gasteiger partial charge in [-0.1, -0.05) is 114 Å². The van der Waals surface area contributed by atoms with Gasteiger partial charge in [0.05, 0.1) is 5.52 Å². The van der Waals surface area contributed by atoms with Crippen LogP contribution in [-0.2, 0) is 19.3 Å². The minimum atomic E-state index is 0.133. The Balaban J connectivity index is 0.000000894. The second kappa shape index (κ2) is 16.4. The van der Waals surface area contributed by atoms with Gasteiger partial charge in [0.1, 0.15) is 0 Å². The SMILES string of the molecule is CC.CC.CC.CC(=O)c1ccccc1CCc1ccc(Cc2ccc3ccccc3n2)cc1. The average molecular weight is 456 g/mol. The van der Waals surface area contributed by atoms with Crippen LogP contribution in [0.3, 0.4) is 0 Å². The quantitative estimate of drug-likeness (QED) is 0.272. The maximum atomic E-state index is 11.8. The predicted octanol–water partition coefficient (Wildman–Crippen LogP) is 8.89. The smallest absolute Gasteiger partial charge is 0.160 e. The van der Waals surface area contributed by atoms with Gasteiger partial charge in [0.15, 0.2) is 5.78 Å². The van der Waals surface area contributed by atoms with Gasteiger partial charge in [-0.05, 0) is 48.6 Å². The molecule has 0 aliphatic rings. The Morgan fingerprint density at radius 2 is 1.24 bits per heavy atom. The van der Waals surface area contributed by atoms with Crippen molar-refractivity contribution in [3.8, 4) is 0 Å². The molecule has 34 heavy (non-hydrogen) atoms. The molecule has 0 unspecified atom stereocenters. The Kier molecular flexibility index (Phi) is 13.9. The molecule has 0 saturated heterocycles. The molecule has 0 radical (unpaired) electrons. The van der Waals surface area contributed by atoms with Gasteiger partial charge in [-0.3, -0.25) is 9.78 Å². The van der Waals surface area contributed by atoms with Crippen molar-refractivity contribution in [3.05, 3.63) is 113 Å². The third kappa shape index (κ3) is 8.59. The van der Waals surface area contributed by atoms with E-state index in [9.17, 15) is 4.79 Å². The van der Waals surface area contributed by atoms with Crippen LogP contribution >= 0.6 is 0 Å². The van der Waals surface area contributed by atoms with Crippen molar-refractivity contribution in [2.24, 2.45) is 0 Å². The summed E-state index contributed by atoms with van der Waals surface area (Å²) in [4.78, 5) is 16.5. The van der Waals surface area contributed by atoms with E-state index in [1.807, 2.05) is 71.9 Å². The minimum Gasteiger partial charge on any atom is -0.295 e. The molecule has 2 heteroatoms. The van der Waals surface area contributed by atoms with Gasteiger partial charge in [0.2, 0.25) is 0 Å². The van der Waals surface area contributed by atoms with Crippen molar-refractivity contribution in [3.63, 3.8) is 0 Å². The number of carbonyl (C=O) groups is 1. The molecule has 180 valence electrons. The van der Waals surface area contributed by atoms with E-state index in [-0.39, 0.29) is 5.78 Å². The molecule has 0 spiro atoms. The Hall–Kier alpha value is -3.26. The molecule has 0 fully saturated rings. The van der Waals surface area contributed by atoms with Crippen LogP contribution in [0, 0.1) is 0 Å². The van der Waals surface area contributed by atoms with Crippen LogP contribution in [0.2, 0.25) is 0 Å². The average Bonchev–Trinajstić information content (AvgIpc) is 2.92. The molecule has 3 aromatic carbocycles. The molecule has 4 rings (SSSR count). The van der Waals surface area contributed by atoms with E-state index in [1.165, 1.54) is 16.5 Å². The molecular formula is C32H41NO. The summed E-state index contributed by atoms with van der Waals surface area (Å²) in [6.07, 6.45) is 2.64. The van der Waals surface area contributed by atoms with Gasteiger partial charge in [-0.25, -0.2) is 0 Å². The Morgan fingerprint density at radius 3 is 1.91 bits per heavy atom. The number of Topliss-reactive ketones (excluding diaryl/α,β-unsaturated/α-hetero) is 1. The molecule has 4 aromatic rings. The van der Waals surface area contributed by atoms with Gasteiger partial charge in [-0.2, -0.15) is 0 Å². The molecule has 0 amide bonds. The van der Waals surface area contributed by atoms with Crippen LogP contribution in [0.15, 0.2) is 84.9 Å². The first-order valence-electron chi connectivity index (χ1n) is 12.7. The molecule has 1 heterocycles. The molecule has 0 aliphatic carbocycles. The predicted molar refractivity (Wildman–Crippen MR) is 149 cm³/mol. The fourth-order valence-electron chi connectivity index (χ4n) is 3.60. The number of benzene rings is 3. The van der Waals surface area contributed by atoms with Gasteiger partial charge >= 0.3 is 0 Å². The highest BCUT2D eigenvalue weighted by atomic mass is 16.1. The highest BCUT2D eigenvalue weighted by Crippen LogP contribution is 2.17. The van der Waals surface area contributed by atoms with E-state index in [1.54, 1.807) is 6.92 Å². The van der Waals surface area contributed by atoms with Crippen LogP contribution in [0.25, 0.3) is 10.9 Å². The molecule has 0 bridgehead atoms. The number of aryl methyl sites for hydroxylation is 2. The first-order valence-corrected chi connectivity index (χ1v) is 12.7. The number of carbonyl (C=O) groups excluding carboxylic acids is 1. The van der Waals surface area contributed by atoms with Gasteiger partial charge in [-0.15, -0.1) is 0 Å². The Bertz CT molecular complexity index is 1110. The Morgan fingerprint density at radius 1 is 0.647 bits per heavy atom. The van der Waals surface area contributed by atoms with Crippen molar-refractivity contribution >= 4 is 16.7 Å². The number of hydrogen-bond donors (Lipinski definition) is 0. The summed E-state index contributed by atoms with van der Waals surface area (Å²) in [5.41, 5.74) is 6.63. The number of aromatic nitrogens is 1. The second-order valence-corrected chi connectivity index (χ2v) is 7.20. The molecule has 0 atom stereocenters. The van der Waals surface area contributed by atoms with Crippen LogP contribution in [0.5, 0.6) is 0 Å². The highest BCUT2D eigenvalue weighted by Gasteiger charge is 2.06. The summed E-state index contributed by atoms with van der Waals surface area (Å²) < 4.78 is 0. The molecule has 0 saturated carbocycles. The van der Waals surface area contributed by atoms with Gasteiger partial charge < -0.3 is 0 Å². The number of ketones is 1. The topological polar surface area (TPSA) is 30.0 Å². The number of para-hydroxylation sites is 1. The molecular weight excluding hydrogens is 414 g/mol. The van der Waals surface area contributed by atoms with E-state index < -0.39 is 0 Å². The molecule has 2 nitrogen and oxygen atoms in total. The molecule has 1 aromatic heterocycles. The van der Waals surface area contributed by atoms with Gasteiger partial charge in [0.25, 0.3) is 0 Å². The zero-order valence-electron chi connectivity index (χ0n) is 22.1. The van der Waals surface area contributed by atoms with E-state index >= 15 is 0 Å². The van der Waals surface area contributed by atoms with Crippen LogP contribution < -0.4 is 0 Å². The van der Waals surface area contributed by atoms with Crippen LogP contribution in [-0.4, -0.2) is 10.8 Å². The summed E-state index contributed by atoms with van der Waals surface area (Å²) in [5, 5.41) is 1.17. The Labute approximate surface area is 207 Å². The number of nitrogens with zero attached hydrogens (tertiary/aromatic N) is 1. The summed E-state index contributed by atoms with van der Waals surface area (Å²) in [6.45, 7) is 13.6. The standard InChI is InChI=1S/C26H23NO.3C2H6/c1-19(28)25-8-4-2-6-22(25)15-14-20-10-12-21(13-11-20)18-24-17-16-23-7-3-5-9-26(23)27-24;3*1-2/h2-13,16-17H,14-15,18H2,1H3;3*1-2H3. The third-order valence-corrected chi connectivity index (χ3v) is 5.14. The lowest BCUT2D eigenvalue weighted by atomic mass is 9.97. The van der Waals surface area contributed by atoms with Crippen molar-refractivity contribution < 1.29 is 4.79 Å². The number of rotatable bonds is 6. The minimum absolute atomic E-state index is 0.133. The first kappa shape index (κ1) is 28.8. The normalized spacial score (nSPS) is 9.50. The number of hydrogen-bond acceptors (Lipinski definition) is 2. The lowest BCUT2D eigenvalue weighted by molar-refractivity contribution is 0.101. The maximum Gasteiger partial charge on any atom is 0.160 e. The summed E-state index contributed by atoms with van der Waals surface area (Å²) in [6, 6.07) is 29.1. The second-order valence-electron chi connectivity index (χ2n) is 7.20. The highest BCUT2D eigenvalue weighted by molar-refractivity contribution is 5.95. The number of pyridine rings is 1. The molecule has 0 aliphatic heterocycles. The van der Waals surface area contributed by atoms with E-state index in [2.05, 4.69) is 54.6 Å². The largest absolute Gasteiger partial charge is 0.295 e. The van der Waals surface area contributed by atoms with E-state index in [4.69, 9.17) is 4.98 Å². The zero-order chi connectivity index (χ0) is 25.3. The number of fused-ring (bicyclic) bond motifs is 1. The van der Waals surface area contributed by atoms with Crippen molar-refractivity contribution in [1.29, 1.82) is 0 Å². The van der Waals surface area contributed by atoms with Crippen LogP contribution in [0.4, 0.5) is 0 Å². The lowest BCUT2D eigenvalue weighted by Crippen LogP contribution is -2.01. The first-order chi connectivity index (χ1) is 16.7. The monoisotopic (exact) mass is 455 g/mol. The van der Waals surface area contributed by atoms with Crippen LogP contribution in [0.1, 0.15) is 81.2 Å². The summed E-state index contributed by atoms with van der Waals surface area (Å²) >= 11 is 0. The van der Waals surface area contributed by atoms with E-state index in [0.717, 1.165) is 41.6 Å². The van der Waals surface area contributed by atoms with Crippen molar-refractivity contribution in [2.75, 3.05) is 0 Å². The third-order valence-electron chi connectivity index (χ3n) is 5.14. The van der Waals surface area contributed by atoms with Crippen molar-refractivity contribution in [2.45, 2.75) is 67.7 Å². The van der Waals surface area contributed by atoms with Crippen molar-refractivity contribution in [1.82, 2.24) is 4.98 Å². The fraction of sp³-hybridized carbons (Fsp3) is 0.312. The summed E-state index contributed by atoms with van der Waals surface area (Å²) in [5.74, 6) is 0.133. The zero-order valence-corrected chi connectivity index (χ0v) is 22.1.